The van der Waals surface area contributed by atoms with E-state index in [0.717, 1.165) is 16.0 Å². The van der Waals surface area contributed by atoms with Crippen molar-refractivity contribution >= 4 is 57.7 Å². The van der Waals surface area contributed by atoms with E-state index in [2.05, 4.69) is 20.9 Å². The van der Waals surface area contributed by atoms with Crippen molar-refractivity contribution in [2.24, 2.45) is 0 Å². The van der Waals surface area contributed by atoms with E-state index in [1.54, 1.807) is 87.0 Å². The number of methoxy groups -OCH3 is 2. The Bertz CT molecular complexity index is 2190. The second-order valence-corrected chi connectivity index (χ2v) is 13.3. The van der Waals surface area contributed by atoms with Crippen molar-refractivity contribution in [3.63, 3.8) is 0 Å². The molecule has 0 radical (unpaired) electrons. The molecule has 0 saturated carbocycles. The fourth-order valence-electron chi connectivity index (χ4n) is 5.17. The first kappa shape index (κ1) is 35.6. The molecule has 5 aromatic carbocycles. The molecule has 3 amide bonds. The highest BCUT2D eigenvalue weighted by Crippen LogP contribution is 2.38. The van der Waals surface area contributed by atoms with Gasteiger partial charge >= 0.3 is 0 Å². The number of carbonyl (C=O) groups is 3. The molecular weight excluding hydrogens is 693 g/mol. The van der Waals surface area contributed by atoms with Crippen molar-refractivity contribution < 1.29 is 23.9 Å². The largest absolute Gasteiger partial charge is 0.497 e. The van der Waals surface area contributed by atoms with Crippen molar-refractivity contribution in [1.82, 2.24) is 10.3 Å². The predicted molar refractivity (Wildman–Crippen MR) is 208 cm³/mol. The highest BCUT2D eigenvalue weighted by atomic mass is 32.2. The molecule has 1 atom stereocenters. The zero-order valence-corrected chi connectivity index (χ0v) is 29.9. The minimum atomic E-state index is -0.638. The summed E-state index contributed by atoms with van der Waals surface area (Å²) in [6, 6.07) is 40.1. The summed E-state index contributed by atoms with van der Waals surface area (Å²) in [5.41, 5.74) is 3.97. The van der Waals surface area contributed by atoms with Crippen LogP contribution in [0.1, 0.15) is 26.7 Å². The summed E-state index contributed by atoms with van der Waals surface area (Å²) in [7, 11) is 3.18. The molecule has 3 N–H and O–H groups in total. The van der Waals surface area contributed by atoms with Crippen molar-refractivity contribution in [2.45, 2.75) is 10.1 Å². The van der Waals surface area contributed by atoms with Gasteiger partial charge in [-0.05, 0) is 71.8 Å². The number of nitrogens with one attached hydrogen (secondary N) is 3. The standard InChI is InChI=1S/C41H34N4O5S2/c1-49-31-22-20-27(21-23-31)24-34(43-38(46)29-14-7-4-8-15-29)39(47)42-30-16-11-17-32(25-30)52-37(28-12-5-3-6-13-28)40(48)45-41-44-35(26-51-41)33-18-9-10-19-36(33)50-2/h3-26,37H,1-2H3,(H,42,47)(H,43,46)(H,44,45,48)/b34-24+. The number of carbonyl (C=O) groups excluding carboxylic acids is 3. The lowest BCUT2D eigenvalue weighted by Crippen LogP contribution is -2.30. The SMILES string of the molecule is COc1ccc(/C=C(/NC(=O)c2ccccc2)C(=O)Nc2cccc(SC(C(=O)Nc3nc(-c4ccccc4OC)cs3)c3ccccc3)c2)cc1. The number of para-hydroxylation sites is 1. The number of aromatic nitrogens is 1. The van der Waals surface area contributed by atoms with E-state index in [1.165, 1.54) is 23.1 Å². The van der Waals surface area contributed by atoms with Crippen LogP contribution in [0.15, 0.2) is 149 Å². The molecule has 52 heavy (non-hydrogen) atoms. The van der Waals surface area contributed by atoms with Crippen LogP contribution in [-0.2, 0) is 9.59 Å². The van der Waals surface area contributed by atoms with Crippen LogP contribution in [0.2, 0.25) is 0 Å². The van der Waals surface area contributed by atoms with Gasteiger partial charge in [0.2, 0.25) is 5.91 Å². The van der Waals surface area contributed by atoms with Crippen LogP contribution < -0.4 is 25.4 Å². The number of hydrogen-bond donors (Lipinski definition) is 3. The number of ether oxygens (including phenoxy) is 2. The zero-order valence-electron chi connectivity index (χ0n) is 28.2. The molecule has 11 heteroatoms. The fourth-order valence-corrected chi connectivity index (χ4v) is 6.97. The first-order chi connectivity index (χ1) is 25.4. The molecule has 9 nitrogen and oxygen atoms in total. The highest BCUT2D eigenvalue weighted by Gasteiger charge is 2.24. The van der Waals surface area contributed by atoms with E-state index >= 15 is 0 Å². The maximum absolute atomic E-state index is 13.9. The molecule has 6 aromatic rings. The Labute approximate surface area is 309 Å². The molecule has 0 fully saturated rings. The fraction of sp³-hybridized carbons (Fsp3) is 0.0732. The van der Waals surface area contributed by atoms with Crippen LogP contribution in [0.5, 0.6) is 11.5 Å². The Morgan fingerprint density at radius 3 is 2.21 bits per heavy atom. The summed E-state index contributed by atoms with van der Waals surface area (Å²) in [5.74, 6) is 0.163. The molecule has 1 aromatic heterocycles. The average Bonchev–Trinajstić information content (AvgIpc) is 3.65. The van der Waals surface area contributed by atoms with Crippen LogP contribution >= 0.6 is 23.1 Å². The summed E-state index contributed by atoms with van der Waals surface area (Å²) in [6.07, 6.45) is 1.60. The molecule has 0 spiro atoms. The number of thiazole rings is 1. The van der Waals surface area contributed by atoms with E-state index in [0.29, 0.717) is 39.1 Å². The van der Waals surface area contributed by atoms with Gasteiger partial charge in [0.15, 0.2) is 5.13 Å². The van der Waals surface area contributed by atoms with Crippen LogP contribution in [0.3, 0.4) is 0 Å². The highest BCUT2D eigenvalue weighted by molar-refractivity contribution is 8.00. The second-order valence-electron chi connectivity index (χ2n) is 11.3. The quantitative estimate of drug-likeness (QED) is 0.0805. The molecule has 1 unspecified atom stereocenters. The summed E-state index contributed by atoms with van der Waals surface area (Å²) in [5, 5.41) is 10.4. The van der Waals surface area contributed by atoms with Crippen LogP contribution in [-0.4, -0.2) is 36.9 Å². The zero-order chi connectivity index (χ0) is 36.3. The minimum absolute atomic E-state index is 0.0505. The maximum atomic E-state index is 13.9. The lowest BCUT2D eigenvalue weighted by atomic mass is 10.1. The van der Waals surface area contributed by atoms with Gasteiger partial charge in [0.25, 0.3) is 11.8 Å². The topological polar surface area (TPSA) is 119 Å². The van der Waals surface area contributed by atoms with Crippen LogP contribution in [0.25, 0.3) is 17.3 Å². The lowest BCUT2D eigenvalue weighted by Gasteiger charge is -2.17. The summed E-state index contributed by atoms with van der Waals surface area (Å²) in [6.45, 7) is 0. The Morgan fingerprint density at radius 2 is 1.48 bits per heavy atom. The molecule has 0 aliphatic rings. The van der Waals surface area contributed by atoms with Gasteiger partial charge in [-0.3, -0.25) is 14.4 Å². The molecule has 6 rings (SSSR count). The monoisotopic (exact) mass is 726 g/mol. The van der Waals surface area contributed by atoms with E-state index < -0.39 is 17.1 Å². The first-order valence-corrected chi connectivity index (χ1v) is 17.9. The van der Waals surface area contributed by atoms with Gasteiger partial charge in [-0.15, -0.1) is 23.1 Å². The van der Waals surface area contributed by atoms with Crippen molar-refractivity contribution in [3.05, 3.63) is 161 Å². The molecular formula is C41H34N4O5S2. The van der Waals surface area contributed by atoms with Crippen LogP contribution in [0, 0.1) is 0 Å². The summed E-state index contributed by atoms with van der Waals surface area (Å²) < 4.78 is 10.7. The predicted octanol–water partition coefficient (Wildman–Crippen LogP) is 8.71. The van der Waals surface area contributed by atoms with Crippen molar-refractivity contribution in [3.8, 4) is 22.8 Å². The smallest absolute Gasteiger partial charge is 0.272 e. The number of hydrogen-bond acceptors (Lipinski definition) is 8. The van der Waals surface area contributed by atoms with E-state index in [-0.39, 0.29) is 11.6 Å². The Kier molecular flexibility index (Phi) is 11.8. The Hall–Kier alpha value is -6.17. The number of thioether (sulfide) groups is 1. The summed E-state index contributed by atoms with van der Waals surface area (Å²) >= 11 is 2.67. The number of benzene rings is 5. The molecule has 0 aliphatic carbocycles. The Morgan fingerprint density at radius 1 is 0.769 bits per heavy atom. The minimum Gasteiger partial charge on any atom is -0.497 e. The third-order valence-corrected chi connectivity index (χ3v) is 9.76. The molecule has 1 heterocycles. The number of amides is 3. The van der Waals surface area contributed by atoms with Crippen LogP contribution in [0.4, 0.5) is 10.8 Å². The van der Waals surface area contributed by atoms with Gasteiger partial charge in [-0.1, -0.05) is 78.9 Å². The third-order valence-electron chi connectivity index (χ3n) is 7.76. The molecule has 0 saturated heterocycles. The number of rotatable bonds is 13. The number of anilines is 2. The second kappa shape index (κ2) is 17.2. The van der Waals surface area contributed by atoms with Gasteiger partial charge in [-0.2, -0.15) is 0 Å². The van der Waals surface area contributed by atoms with Gasteiger partial charge < -0.3 is 25.4 Å². The van der Waals surface area contributed by atoms with Crippen molar-refractivity contribution in [2.75, 3.05) is 24.9 Å². The van der Waals surface area contributed by atoms with E-state index in [9.17, 15) is 14.4 Å². The first-order valence-electron chi connectivity index (χ1n) is 16.1. The molecule has 0 bridgehead atoms. The lowest BCUT2D eigenvalue weighted by molar-refractivity contribution is -0.116. The van der Waals surface area contributed by atoms with Gasteiger partial charge in [-0.25, -0.2) is 4.98 Å². The number of nitrogens with zero attached hydrogens (tertiary/aromatic N) is 1. The maximum Gasteiger partial charge on any atom is 0.272 e. The van der Waals surface area contributed by atoms with Gasteiger partial charge in [0.05, 0.1) is 19.9 Å². The third kappa shape index (κ3) is 9.13. The summed E-state index contributed by atoms with van der Waals surface area (Å²) in [4.78, 5) is 46.1. The van der Waals surface area contributed by atoms with Gasteiger partial charge in [0, 0.05) is 27.1 Å². The molecule has 0 aliphatic heterocycles. The average molecular weight is 727 g/mol. The van der Waals surface area contributed by atoms with E-state index in [4.69, 9.17) is 9.47 Å². The molecule has 260 valence electrons. The van der Waals surface area contributed by atoms with E-state index in [1.807, 2.05) is 72.1 Å². The van der Waals surface area contributed by atoms with Crippen molar-refractivity contribution in [1.29, 1.82) is 0 Å². The normalized spacial score (nSPS) is 11.6. The Balaban J connectivity index is 1.21. The van der Waals surface area contributed by atoms with Gasteiger partial charge in [0.1, 0.15) is 22.4 Å².